The highest BCUT2D eigenvalue weighted by Gasteiger charge is 2.13. The molecular formula is C13H16N2OS. The number of fused-ring (bicyclic) bond motifs is 1. The van der Waals surface area contributed by atoms with E-state index in [0.717, 1.165) is 38.4 Å². The molecule has 0 spiro atoms. The summed E-state index contributed by atoms with van der Waals surface area (Å²) in [5.41, 5.74) is 2.46. The van der Waals surface area contributed by atoms with E-state index in [-0.39, 0.29) is 0 Å². The van der Waals surface area contributed by atoms with Crippen LogP contribution in [0.2, 0.25) is 0 Å². The molecule has 0 aromatic carbocycles. The van der Waals surface area contributed by atoms with Crippen LogP contribution in [0.25, 0.3) is 10.2 Å². The summed E-state index contributed by atoms with van der Waals surface area (Å²) in [6, 6.07) is 4.31. The second kappa shape index (κ2) is 4.72. The highest BCUT2D eigenvalue weighted by molar-refractivity contribution is 7.19. The number of hydrogen-bond donors (Lipinski definition) is 0. The topological polar surface area (TPSA) is 25.4 Å². The van der Waals surface area contributed by atoms with E-state index in [2.05, 4.69) is 28.9 Å². The Kier molecular flexibility index (Phi) is 3.09. The lowest BCUT2D eigenvalue weighted by Gasteiger charge is -2.25. The van der Waals surface area contributed by atoms with Crippen molar-refractivity contribution in [3.63, 3.8) is 0 Å². The third-order valence-electron chi connectivity index (χ3n) is 3.14. The molecule has 3 heterocycles. The Morgan fingerprint density at radius 2 is 2.24 bits per heavy atom. The third kappa shape index (κ3) is 2.34. The van der Waals surface area contributed by atoms with Crippen LogP contribution < -0.4 is 0 Å². The van der Waals surface area contributed by atoms with Crippen LogP contribution in [-0.2, 0) is 11.3 Å². The lowest BCUT2D eigenvalue weighted by molar-refractivity contribution is 0.0346. The predicted octanol–water partition coefficient (Wildman–Crippen LogP) is 2.44. The molecular weight excluding hydrogens is 232 g/mol. The summed E-state index contributed by atoms with van der Waals surface area (Å²) in [5, 5.41) is 0. The molecule has 0 aliphatic carbocycles. The fourth-order valence-electron chi connectivity index (χ4n) is 2.17. The van der Waals surface area contributed by atoms with Crippen molar-refractivity contribution in [2.45, 2.75) is 13.5 Å². The van der Waals surface area contributed by atoms with Gasteiger partial charge in [0.15, 0.2) is 0 Å². The highest BCUT2D eigenvalue weighted by Crippen LogP contribution is 2.27. The van der Waals surface area contributed by atoms with E-state index >= 15 is 0 Å². The van der Waals surface area contributed by atoms with E-state index in [1.165, 1.54) is 15.1 Å². The molecule has 0 unspecified atom stereocenters. The smallest absolute Gasteiger partial charge is 0.0815 e. The second-order valence-corrected chi connectivity index (χ2v) is 5.58. The number of morpholine rings is 1. The molecule has 0 saturated carbocycles. The number of aromatic nitrogens is 1. The van der Waals surface area contributed by atoms with Crippen LogP contribution in [0, 0.1) is 6.92 Å². The summed E-state index contributed by atoms with van der Waals surface area (Å²) in [6.45, 7) is 6.99. The number of pyridine rings is 1. The van der Waals surface area contributed by atoms with Gasteiger partial charge < -0.3 is 4.74 Å². The highest BCUT2D eigenvalue weighted by atomic mass is 32.1. The summed E-state index contributed by atoms with van der Waals surface area (Å²) >= 11 is 1.87. The minimum atomic E-state index is 0.863. The van der Waals surface area contributed by atoms with Gasteiger partial charge >= 0.3 is 0 Å². The Hall–Kier alpha value is -0.970. The summed E-state index contributed by atoms with van der Waals surface area (Å²) in [5.74, 6) is 0. The van der Waals surface area contributed by atoms with Crippen LogP contribution in [0.15, 0.2) is 18.3 Å². The van der Waals surface area contributed by atoms with Crippen molar-refractivity contribution in [3.8, 4) is 0 Å². The lowest BCUT2D eigenvalue weighted by atomic mass is 10.2. The van der Waals surface area contributed by atoms with Crippen LogP contribution in [-0.4, -0.2) is 36.2 Å². The summed E-state index contributed by atoms with van der Waals surface area (Å²) < 4.78 is 6.69. The first-order chi connectivity index (χ1) is 8.33. The zero-order valence-corrected chi connectivity index (χ0v) is 10.8. The Labute approximate surface area is 105 Å². The predicted molar refractivity (Wildman–Crippen MR) is 70.5 cm³/mol. The van der Waals surface area contributed by atoms with Crippen molar-refractivity contribution in [3.05, 3.63) is 28.8 Å². The Balaban J connectivity index is 1.83. The Morgan fingerprint density at radius 3 is 3.00 bits per heavy atom. The van der Waals surface area contributed by atoms with Gasteiger partial charge in [0, 0.05) is 30.7 Å². The molecule has 2 aromatic rings. The molecule has 0 bridgehead atoms. The van der Waals surface area contributed by atoms with Gasteiger partial charge in [-0.1, -0.05) is 0 Å². The van der Waals surface area contributed by atoms with Gasteiger partial charge in [-0.2, -0.15) is 0 Å². The van der Waals surface area contributed by atoms with E-state index in [0.29, 0.717) is 0 Å². The van der Waals surface area contributed by atoms with Gasteiger partial charge in [0.2, 0.25) is 0 Å². The monoisotopic (exact) mass is 248 g/mol. The molecule has 1 aliphatic heterocycles. The maximum Gasteiger partial charge on any atom is 0.0815 e. The van der Waals surface area contributed by atoms with Crippen LogP contribution in [0.5, 0.6) is 0 Å². The van der Waals surface area contributed by atoms with E-state index in [4.69, 9.17) is 4.74 Å². The summed E-state index contributed by atoms with van der Waals surface area (Å²) in [4.78, 5) is 8.28. The zero-order valence-electron chi connectivity index (χ0n) is 9.98. The number of thiophene rings is 1. The van der Waals surface area contributed by atoms with E-state index < -0.39 is 0 Å². The van der Waals surface area contributed by atoms with E-state index in [1.54, 1.807) is 0 Å². The first kappa shape index (κ1) is 11.1. The quantitative estimate of drug-likeness (QED) is 0.816. The molecule has 2 aromatic heterocycles. The van der Waals surface area contributed by atoms with Gasteiger partial charge in [-0.05, 0) is 24.6 Å². The molecule has 0 N–H and O–H groups in total. The fourth-order valence-corrected chi connectivity index (χ4v) is 3.30. The fraction of sp³-hybridized carbons (Fsp3) is 0.462. The number of aryl methyl sites for hydroxylation is 1. The van der Waals surface area contributed by atoms with Gasteiger partial charge in [0.05, 0.1) is 23.4 Å². The molecule has 4 heteroatoms. The minimum absolute atomic E-state index is 0.863. The number of rotatable bonds is 2. The summed E-state index contributed by atoms with van der Waals surface area (Å²) in [7, 11) is 0. The first-order valence-electron chi connectivity index (χ1n) is 5.97. The van der Waals surface area contributed by atoms with Gasteiger partial charge in [0.1, 0.15) is 0 Å². The van der Waals surface area contributed by atoms with Gasteiger partial charge in [-0.25, -0.2) is 0 Å². The molecule has 90 valence electrons. The first-order valence-corrected chi connectivity index (χ1v) is 6.79. The summed E-state index contributed by atoms with van der Waals surface area (Å²) in [6.07, 6.45) is 1.89. The molecule has 1 fully saturated rings. The molecule has 0 radical (unpaired) electrons. The van der Waals surface area contributed by atoms with Gasteiger partial charge in [-0.3, -0.25) is 9.88 Å². The average Bonchev–Trinajstić information content (AvgIpc) is 2.74. The molecule has 0 atom stereocenters. The van der Waals surface area contributed by atoms with Crippen molar-refractivity contribution in [1.29, 1.82) is 0 Å². The second-order valence-electron chi connectivity index (χ2n) is 4.44. The van der Waals surface area contributed by atoms with Crippen LogP contribution >= 0.6 is 11.3 Å². The van der Waals surface area contributed by atoms with E-state index in [9.17, 15) is 0 Å². The third-order valence-corrected chi connectivity index (χ3v) is 4.39. The normalized spacial score (nSPS) is 17.7. The maximum atomic E-state index is 5.36. The SMILES string of the molecule is Cc1ccnc2cc(CN3CCOCC3)sc12. The van der Waals surface area contributed by atoms with Gasteiger partial charge in [-0.15, -0.1) is 11.3 Å². The Morgan fingerprint density at radius 1 is 1.41 bits per heavy atom. The molecule has 0 amide bonds. The van der Waals surface area contributed by atoms with Crippen LogP contribution in [0.4, 0.5) is 0 Å². The minimum Gasteiger partial charge on any atom is -0.379 e. The van der Waals surface area contributed by atoms with Crippen molar-refractivity contribution in [1.82, 2.24) is 9.88 Å². The molecule has 17 heavy (non-hydrogen) atoms. The molecule has 1 saturated heterocycles. The van der Waals surface area contributed by atoms with Crippen molar-refractivity contribution >= 4 is 21.6 Å². The van der Waals surface area contributed by atoms with E-state index in [1.807, 2.05) is 17.5 Å². The lowest BCUT2D eigenvalue weighted by Crippen LogP contribution is -2.35. The van der Waals surface area contributed by atoms with Crippen molar-refractivity contribution in [2.24, 2.45) is 0 Å². The zero-order chi connectivity index (χ0) is 11.7. The molecule has 1 aliphatic rings. The number of hydrogen-bond acceptors (Lipinski definition) is 4. The van der Waals surface area contributed by atoms with Crippen molar-refractivity contribution in [2.75, 3.05) is 26.3 Å². The Bertz CT molecular complexity index is 517. The maximum absolute atomic E-state index is 5.36. The van der Waals surface area contributed by atoms with Crippen molar-refractivity contribution < 1.29 is 4.74 Å². The molecule has 3 nitrogen and oxygen atoms in total. The standard InChI is InChI=1S/C13H16N2OS/c1-10-2-3-14-12-8-11(17-13(10)12)9-15-4-6-16-7-5-15/h2-3,8H,4-7,9H2,1H3. The largest absolute Gasteiger partial charge is 0.379 e. The number of ether oxygens (including phenoxy) is 1. The van der Waals surface area contributed by atoms with Gasteiger partial charge in [0.25, 0.3) is 0 Å². The average molecular weight is 248 g/mol. The van der Waals surface area contributed by atoms with Crippen LogP contribution in [0.1, 0.15) is 10.4 Å². The molecule has 3 rings (SSSR count). The number of nitrogens with zero attached hydrogens (tertiary/aromatic N) is 2. The van der Waals surface area contributed by atoms with Crippen LogP contribution in [0.3, 0.4) is 0 Å².